The molecule has 5 nitrogen and oxygen atoms in total. The lowest BCUT2D eigenvalue weighted by Gasteiger charge is -2.62. The maximum Gasteiger partial charge on any atom is 0.346 e. The van der Waals surface area contributed by atoms with Crippen LogP contribution in [0.2, 0.25) is 0 Å². The number of rotatable bonds is 4. The zero-order chi connectivity index (χ0) is 26.1. The van der Waals surface area contributed by atoms with Gasteiger partial charge in [-0.05, 0) is 116 Å². The lowest BCUT2D eigenvalue weighted by atomic mass is 9.43. The molecule has 1 aromatic carbocycles. The van der Waals surface area contributed by atoms with Gasteiger partial charge in [0.1, 0.15) is 5.82 Å². The van der Waals surface area contributed by atoms with Crippen molar-refractivity contribution in [3.8, 4) is 0 Å². The number of nitrogens with zero attached hydrogens (tertiary/aromatic N) is 1. The molecule has 4 fully saturated rings. The van der Waals surface area contributed by atoms with Crippen molar-refractivity contribution in [3.05, 3.63) is 40.3 Å². The molecule has 1 heterocycles. The van der Waals surface area contributed by atoms with Crippen LogP contribution in [0.4, 0.5) is 4.39 Å². The van der Waals surface area contributed by atoms with Crippen LogP contribution in [0.1, 0.15) is 84.4 Å². The molecule has 202 valence electrons. The van der Waals surface area contributed by atoms with Crippen LogP contribution in [0.5, 0.6) is 0 Å². The van der Waals surface area contributed by atoms with Crippen LogP contribution in [-0.4, -0.2) is 27.4 Å². The smallest absolute Gasteiger partial charge is 0.346 e. The Labute approximate surface area is 218 Å². The summed E-state index contributed by atoms with van der Waals surface area (Å²) >= 11 is 0. The van der Waals surface area contributed by atoms with Gasteiger partial charge >= 0.3 is 5.63 Å². The lowest BCUT2D eigenvalue weighted by Crippen LogP contribution is -2.58. The van der Waals surface area contributed by atoms with E-state index >= 15 is 0 Å². The van der Waals surface area contributed by atoms with Gasteiger partial charge in [0.15, 0.2) is 5.89 Å². The normalized spacial score (nSPS) is 42.2. The highest BCUT2D eigenvalue weighted by Crippen LogP contribution is 2.68. The SMILES string of the molecule is C[C@H](CCc1nc2cc(F)ccc2c(=O)o1)[C@H]1CC[C@H]2[C@H]3C(CC[C@]12C)[C@@]1(C)CC[C@@H](O)C[C@H]1C[C@@H]3O. The molecule has 0 saturated heterocycles. The molecule has 0 spiro atoms. The van der Waals surface area contributed by atoms with Crippen molar-refractivity contribution in [2.75, 3.05) is 0 Å². The molecular formula is C31H42FNO4. The van der Waals surface area contributed by atoms with E-state index in [1.165, 1.54) is 43.9 Å². The van der Waals surface area contributed by atoms with Crippen molar-refractivity contribution in [3.63, 3.8) is 0 Å². The minimum Gasteiger partial charge on any atom is -0.408 e. The first-order valence-electron chi connectivity index (χ1n) is 14.6. The van der Waals surface area contributed by atoms with Gasteiger partial charge in [0, 0.05) is 12.5 Å². The summed E-state index contributed by atoms with van der Waals surface area (Å²) < 4.78 is 19.2. The molecule has 0 bridgehead atoms. The molecule has 1 unspecified atom stereocenters. The molecule has 4 aliphatic rings. The predicted octanol–water partition coefficient (Wildman–Crippen LogP) is 5.89. The third-order valence-corrected chi connectivity index (χ3v) is 11.9. The lowest BCUT2D eigenvalue weighted by molar-refractivity contribution is -0.174. The molecule has 2 N–H and O–H groups in total. The molecular weight excluding hydrogens is 469 g/mol. The molecule has 0 aliphatic heterocycles. The van der Waals surface area contributed by atoms with Gasteiger partial charge in [-0.15, -0.1) is 0 Å². The van der Waals surface area contributed by atoms with Crippen molar-refractivity contribution in [1.82, 2.24) is 4.98 Å². The van der Waals surface area contributed by atoms with E-state index in [9.17, 15) is 19.4 Å². The number of aromatic nitrogens is 1. The van der Waals surface area contributed by atoms with Crippen LogP contribution in [0.15, 0.2) is 27.4 Å². The fraction of sp³-hybridized carbons (Fsp3) is 0.742. The Hall–Kier alpha value is -1.79. The fourth-order valence-corrected chi connectivity index (χ4v) is 9.92. The Morgan fingerprint density at radius 2 is 1.84 bits per heavy atom. The summed E-state index contributed by atoms with van der Waals surface area (Å²) in [6.45, 7) is 7.26. The molecule has 4 saturated carbocycles. The Bertz CT molecular complexity index is 1230. The van der Waals surface area contributed by atoms with E-state index in [-0.39, 0.29) is 23.0 Å². The number of hydrogen-bond donors (Lipinski definition) is 2. The molecule has 2 aromatic rings. The average molecular weight is 512 g/mol. The number of benzene rings is 1. The third-order valence-electron chi connectivity index (χ3n) is 11.9. The van der Waals surface area contributed by atoms with Crippen molar-refractivity contribution in [1.29, 1.82) is 0 Å². The minimum absolute atomic E-state index is 0.201. The van der Waals surface area contributed by atoms with Gasteiger partial charge in [0.2, 0.25) is 0 Å². The van der Waals surface area contributed by atoms with Crippen LogP contribution in [0, 0.1) is 52.2 Å². The van der Waals surface area contributed by atoms with Crippen LogP contribution >= 0.6 is 0 Å². The summed E-state index contributed by atoms with van der Waals surface area (Å²) in [5, 5.41) is 22.1. The topological polar surface area (TPSA) is 83.6 Å². The van der Waals surface area contributed by atoms with Gasteiger partial charge in [0.05, 0.1) is 23.1 Å². The minimum atomic E-state index is -0.452. The van der Waals surface area contributed by atoms with Gasteiger partial charge in [-0.1, -0.05) is 20.8 Å². The second-order valence-corrected chi connectivity index (χ2v) is 13.5. The average Bonchev–Trinajstić information content (AvgIpc) is 3.20. The van der Waals surface area contributed by atoms with Crippen LogP contribution in [-0.2, 0) is 6.42 Å². The third kappa shape index (κ3) is 4.09. The first kappa shape index (κ1) is 25.5. The monoisotopic (exact) mass is 511 g/mol. The van der Waals surface area contributed by atoms with E-state index < -0.39 is 11.4 Å². The number of fused-ring (bicyclic) bond motifs is 6. The molecule has 1 aromatic heterocycles. The molecule has 6 heteroatoms. The number of aryl methyl sites for hydroxylation is 1. The fourth-order valence-electron chi connectivity index (χ4n) is 9.92. The van der Waals surface area contributed by atoms with Crippen LogP contribution in [0.25, 0.3) is 10.9 Å². The zero-order valence-electron chi connectivity index (χ0n) is 22.5. The molecule has 37 heavy (non-hydrogen) atoms. The predicted molar refractivity (Wildman–Crippen MR) is 140 cm³/mol. The second kappa shape index (κ2) is 9.15. The maximum atomic E-state index is 13.7. The summed E-state index contributed by atoms with van der Waals surface area (Å²) in [7, 11) is 0. The first-order chi connectivity index (χ1) is 17.6. The molecule has 4 aliphatic carbocycles. The Morgan fingerprint density at radius 3 is 2.65 bits per heavy atom. The zero-order valence-corrected chi connectivity index (χ0v) is 22.5. The summed E-state index contributed by atoms with van der Waals surface area (Å²) in [5.41, 5.74) is 0.359. The molecule has 0 radical (unpaired) electrons. The number of aliphatic hydroxyl groups excluding tert-OH is 2. The summed E-state index contributed by atoms with van der Waals surface area (Å²) in [6.07, 6.45) is 9.39. The van der Waals surface area contributed by atoms with E-state index in [1.54, 1.807) is 0 Å². The highest BCUT2D eigenvalue weighted by Gasteiger charge is 2.62. The Morgan fingerprint density at radius 1 is 1.08 bits per heavy atom. The van der Waals surface area contributed by atoms with Crippen LogP contribution in [0.3, 0.4) is 0 Å². The summed E-state index contributed by atoms with van der Waals surface area (Å²) in [5.74, 6) is 2.88. The quantitative estimate of drug-likeness (QED) is 0.535. The highest BCUT2D eigenvalue weighted by atomic mass is 19.1. The van der Waals surface area contributed by atoms with Crippen molar-refractivity contribution >= 4 is 10.9 Å². The van der Waals surface area contributed by atoms with Gasteiger partial charge in [-0.3, -0.25) is 0 Å². The Balaban J connectivity index is 1.18. The standard InChI is InChI=1S/C31H42FNO4/c1-17(4-9-27-33-25-16-19(32)5-6-21(25)29(36)37-27)22-7-8-23-28-24(11-13-31(22,23)3)30(2)12-10-20(34)14-18(30)15-26(28)35/h5-6,16-18,20,22-24,26,28,34-35H,4,7-15H2,1-3H3/t17-,18+,20-,22-,23+,24?,26+,28+,30+,31-/m1/s1. The summed E-state index contributed by atoms with van der Waals surface area (Å²) in [4.78, 5) is 16.8. The van der Waals surface area contributed by atoms with E-state index in [0.29, 0.717) is 58.7 Å². The molecule has 6 rings (SSSR count). The number of halogens is 1. The van der Waals surface area contributed by atoms with Crippen molar-refractivity contribution < 1.29 is 19.0 Å². The van der Waals surface area contributed by atoms with Gasteiger partial charge in [-0.2, -0.15) is 0 Å². The maximum absolute atomic E-state index is 13.7. The van der Waals surface area contributed by atoms with Crippen molar-refractivity contribution in [2.45, 2.75) is 97.2 Å². The first-order valence-corrected chi connectivity index (χ1v) is 14.6. The molecule has 10 atom stereocenters. The second-order valence-electron chi connectivity index (χ2n) is 13.5. The molecule has 0 amide bonds. The number of aliphatic hydroxyl groups is 2. The van der Waals surface area contributed by atoms with E-state index in [2.05, 4.69) is 25.8 Å². The van der Waals surface area contributed by atoms with E-state index in [4.69, 9.17) is 4.42 Å². The number of hydrogen-bond acceptors (Lipinski definition) is 5. The van der Waals surface area contributed by atoms with E-state index in [0.717, 1.165) is 32.1 Å². The van der Waals surface area contributed by atoms with Crippen molar-refractivity contribution in [2.24, 2.45) is 46.3 Å². The van der Waals surface area contributed by atoms with Crippen LogP contribution < -0.4 is 5.63 Å². The largest absolute Gasteiger partial charge is 0.408 e. The van der Waals surface area contributed by atoms with Gasteiger partial charge in [-0.25, -0.2) is 14.2 Å². The summed E-state index contributed by atoms with van der Waals surface area (Å²) in [6, 6.07) is 3.99. The Kier molecular flexibility index (Phi) is 6.30. The highest BCUT2D eigenvalue weighted by molar-refractivity contribution is 5.76. The van der Waals surface area contributed by atoms with Gasteiger partial charge < -0.3 is 14.6 Å². The van der Waals surface area contributed by atoms with Gasteiger partial charge in [0.25, 0.3) is 0 Å². The van der Waals surface area contributed by atoms with E-state index in [1.807, 2.05) is 0 Å².